The molecule has 3 N–H and O–H groups in total. The van der Waals surface area contributed by atoms with E-state index < -0.39 is 11.1 Å². The van der Waals surface area contributed by atoms with E-state index in [2.05, 4.69) is 10.6 Å². The minimum atomic E-state index is -0.940. The summed E-state index contributed by atoms with van der Waals surface area (Å²) in [5.74, 6) is -0.0411. The van der Waals surface area contributed by atoms with Crippen molar-refractivity contribution in [2.75, 3.05) is 6.54 Å². The molecule has 1 unspecified atom stereocenters. The van der Waals surface area contributed by atoms with E-state index in [-0.39, 0.29) is 11.9 Å². The van der Waals surface area contributed by atoms with Crippen LogP contribution in [-0.4, -0.2) is 34.7 Å². The number of nitrogens with one attached hydrogen (secondary N) is 2. The lowest BCUT2D eigenvalue weighted by atomic mass is 9.86. The SMILES string of the molecule is CCNC(C)CC(=O)NC(C)(C)C(C)(C)O. The zero-order chi connectivity index (χ0) is 13.0. The molecule has 1 atom stereocenters. The average molecular weight is 230 g/mol. The third-order valence-corrected chi connectivity index (χ3v) is 3.03. The number of amides is 1. The summed E-state index contributed by atoms with van der Waals surface area (Å²) < 4.78 is 0. The number of hydrogen-bond acceptors (Lipinski definition) is 3. The van der Waals surface area contributed by atoms with Gasteiger partial charge < -0.3 is 15.7 Å². The summed E-state index contributed by atoms with van der Waals surface area (Å²) in [5.41, 5.74) is -1.57. The topological polar surface area (TPSA) is 61.4 Å². The number of rotatable bonds is 6. The first-order chi connectivity index (χ1) is 7.10. The quantitative estimate of drug-likeness (QED) is 0.639. The van der Waals surface area contributed by atoms with Crippen molar-refractivity contribution in [3.05, 3.63) is 0 Å². The maximum atomic E-state index is 11.7. The lowest BCUT2D eigenvalue weighted by molar-refractivity contribution is -0.126. The summed E-state index contributed by atoms with van der Waals surface area (Å²) >= 11 is 0. The minimum Gasteiger partial charge on any atom is -0.388 e. The standard InChI is InChI=1S/C12H26N2O2/c1-7-13-9(2)8-10(15)14-11(3,4)12(5,6)16/h9,13,16H,7-8H2,1-6H3,(H,14,15). The van der Waals surface area contributed by atoms with Crippen molar-refractivity contribution in [3.8, 4) is 0 Å². The van der Waals surface area contributed by atoms with Gasteiger partial charge in [0.05, 0.1) is 11.1 Å². The Labute approximate surface area is 98.8 Å². The molecule has 0 fully saturated rings. The molecule has 0 saturated carbocycles. The molecule has 0 spiro atoms. The zero-order valence-corrected chi connectivity index (χ0v) is 11.3. The molecular formula is C12H26N2O2. The van der Waals surface area contributed by atoms with Crippen molar-refractivity contribution >= 4 is 5.91 Å². The third-order valence-electron chi connectivity index (χ3n) is 3.03. The van der Waals surface area contributed by atoms with E-state index >= 15 is 0 Å². The molecule has 96 valence electrons. The molecule has 4 nitrogen and oxygen atoms in total. The predicted molar refractivity (Wildman–Crippen MR) is 66.3 cm³/mol. The molecule has 0 radical (unpaired) electrons. The molecule has 1 amide bonds. The smallest absolute Gasteiger partial charge is 0.222 e. The van der Waals surface area contributed by atoms with Crippen molar-refractivity contribution in [2.24, 2.45) is 0 Å². The number of carbonyl (C=O) groups is 1. The molecule has 0 aliphatic rings. The second kappa shape index (κ2) is 5.64. The van der Waals surface area contributed by atoms with Crippen molar-refractivity contribution in [3.63, 3.8) is 0 Å². The van der Waals surface area contributed by atoms with Crippen LogP contribution in [0.2, 0.25) is 0 Å². The second-order valence-electron chi connectivity index (χ2n) is 5.40. The van der Waals surface area contributed by atoms with Crippen LogP contribution in [-0.2, 0) is 4.79 Å². The van der Waals surface area contributed by atoms with Crippen LogP contribution in [0.1, 0.15) is 48.0 Å². The molecule has 0 rings (SSSR count). The fourth-order valence-electron chi connectivity index (χ4n) is 1.25. The average Bonchev–Trinajstić information content (AvgIpc) is 1.99. The van der Waals surface area contributed by atoms with Gasteiger partial charge in [-0.3, -0.25) is 4.79 Å². The highest BCUT2D eigenvalue weighted by atomic mass is 16.3. The minimum absolute atomic E-state index is 0.0411. The van der Waals surface area contributed by atoms with Gasteiger partial charge in [-0.2, -0.15) is 0 Å². The van der Waals surface area contributed by atoms with E-state index in [0.29, 0.717) is 6.42 Å². The Kier molecular flexibility index (Phi) is 5.42. The van der Waals surface area contributed by atoms with E-state index in [4.69, 9.17) is 0 Å². The molecule has 0 heterocycles. The highest BCUT2D eigenvalue weighted by Crippen LogP contribution is 2.20. The van der Waals surface area contributed by atoms with E-state index in [0.717, 1.165) is 6.54 Å². The molecule has 16 heavy (non-hydrogen) atoms. The van der Waals surface area contributed by atoms with Crippen LogP contribution in [0.4, 0.5) is 0 Å². The van der Waals surface area contributed by atoms with Crippen LogP contribution in [0.15, 0.2) is 0 Å². The summed E-state index contributed by atoms with van der Waals surface area (Å²) in [4.78, 5) is 11.7. The maximum absolute atomic E-state index is 11.7. The molecule has 0 aliphatic carbocycles. The van der Waals surface area contributed by atoms with Crippen molar-refractivity contribution in [1.29, 1.82) is 0 Å². The molecule has 0 aromatic heterocycles. The highest BCUT2D eigenvalue weighted by molar-refractivity contribution is 5.77. The van der Waals surface area contributed by atoms with Gasteiger partial charge in [-0.15, -0.1) is 0 Å². The predicted octanol–water partition coefficient (Wildman–Crippen LogP) is 1.04. The summed E-state index contributed by atoms with van der Waals surface area (Å²) in [5, 5.41) is 15.9. The Morgan fingerprint density at radius 2 is 1.81 bits per heavy atom. The Morgan fingerprint density at radius 3 is 2.19 bits per heavy atom. The number of aliphatic hydroxyl groups is 1. The van der Waals surface area contributed by atoms with Crippen LogP contribution in [0.5, 0.6) is 0 Å². The largest absolute Gasteiger partial charge is 0.388 e. The van der Waals surface area contributed by atoms with Crippen LogP contribution in [0.3, 0.4) is 0 Å². The van der Waals surface area contributed by atoms with Crippen LogP contribution in [0, 0.1) is 0 Å². The lowest BCUT2D eigenvalue weighted by Crippen LogP contribution is -2.58. The normalized spacial score (nSPS) is 14.7. The molecule has 4 heteroatoms. The van der Waals surface area contributed by atoms with Crippen molar-refractivity contribution < 1.29 is 9.90 Å². The van der Waals surface area contributed by atoms with Gasteiger partial charge in [0.2, 0.25) is 5.91 Å². The first-order valence-electron chi connectivity index (χ1n) is 5.87. The highest BCUT2D eigenvalue weighted by Gasteiger charge is 2.36. The van der Waals surface area contributed by atoms with Crippen molar-refractivity contribution in [1.82, 2.24) is 10.6 Å². The Hall–Kier alpha value is -0.610. The second-order valence-corrected chi connectivity index (χ2v) is 5.40. The number of carbonyl (C=O) groups excluding carboxylic acids is 1. The molecule has 0 aliphatic heterocycles. The fourth-order valence-corrected chi connectivity index (χ4v) is 1.25. The van der Waals surface area contributed by atoms with E-state index in [1.807, 2.05) is 27.7 Å². The lowest BCUT2D eigenvalue weighted by Gasteiger charge is -2.38. The van der Waals surface area contributed by atoms with Crippen LogP contribution >= 0.6 is 0 Å². The zero-order valence-electron chi connectivity index (χ0n) is 11.3. The summed E-state index contributed by atoms with van der Waals surface area (Å²) in [7, 11) is 0. The van der Waals surface area contributed by atoms with Gasteiger partial charge in [-0.25, -0.2) is 0 Å². The van der Waals surface area contributed by atoms with Gasteiger partial charge in [0, 0.05) is 12.5 Å². The van der Waals surface area contributed by atoms with Gasteiger partial charge in [-0.1, -0.05) is 6.92 Å². The molecular weight excluding hydrogens is 204 g/mol. The monoisotopic (exact) mass is 230 g/mol. The van der Waals surface area contributed by atoms with Gasteiger partial charge in [0.1, 0.15) is 0 Å². The van der Waals surface area contributed by atoms with Crippen LogP contribution < -0.4 is 10.6 Å². The Balaban J connectivity index is 4.25. The third kappa shape index (κ3) is 4.94. The molecule has 0 aromatic rings. The first kappa shape index (κ1) is 15.4. The fraction of sp³-hybridized carbons (Fsp3) is 0.917. The molecule has 0 saturated heterocycles. The van der Waals surface area contributed by atoms with Gasteiger partial charge in [0.25, 0.3) is 0 Å². The van der Waals surface area contributed by atoms with Crippen molar-refractivity contribution in [2.45, 2.75) is 65.1 Å². The first-order valence-corrected chi connectivity index (χ1v) is 5.87. The maximum Gasteiger partial charge on any atom is 0.222 e. The summed E-state index contributed by atoms with van der Waals surface area (Å²) in [6.07, 6.45) is 0.424. The summed E-state index contributed by atoms with van der Waals surface area (Å²) in [6.45, 7) is 11.9. The molecule has 0 aromatic carbocycles. The van der Waals surface area contributed by atoms with E-state index in [1.54, 1.807) is 13.8 Å². The van der Waals surface area contributed by atoms with Gasteiger partial charge >= 0.3 is 0 Å². The van der Waals surface area contributed by atoms with E-state index in [9.17, 15) is 9.90 Å². The number of hydrogen-bond donors (Lipinski definition) is 3. The summed E-state index contributed by atoms with van der Waals surface area (Å²) in [6, 6.07) is 0.155. The van der Waals surface area contributed by atoms with Crippen LogP contribution in [0.25, 0.3) is 0 Å². The van der Waals surface area contributed by atoms with Gasteiger partial charge in [0.15, 0.2) is 0 Å². The Bertz CT molecular complexity index is 232. The van der Waals surface area contributed by atoms with E-state index in [1.165, 1.54) is 0 Å². The van der Waals surface area contributed by atoms with Gasteiger partial charge in [-0.05, 0) is 41.2 Å². The Morgan fingerprint density at radius 1 is 1.31 bits per heavy atom. The molecule has 0 bridgehead atoms.